The number of nitrogens with one attached hydrogen (secondary N) is 1. The molecule has 2 nitrogen and oxygen atoms in total. The van der Waals surface area contributed by atoms with Gasteiger partial charge in [-0.1, -0.05) is 206 Å². The summed E-state index contributed by atoms with van der Waals surface area (Å²) < 4.78 is 0. The molecule has 224 valence electrons. The van der Waals surface area contributed by atoms with E-state index in [2.05, 4.69) is 19.3 Å². The van der Waals surface area contributed by atoms with Crippen molar-refractivity contribution in [2.45, 2.75) is 225 Å². The number of hydrogen-bond donors (Lipinski definition) is 2. The van der Waals surface area contributed by atoms with E-state index >= 15 is 0 Å². The Morgan fingerprint density at radius 3 is 0.703 bits per heavy atom. The Labute approximate surface area is 235 Å². The molecular weight excluding hydrogens is 450 g/mol. The highest BCUT2D eigenvalue weighted by molar-refractivity contribution is 4.63. The van der Waals surface area contributed by atoms with Crippen LogP contribution in [0.25, 0.3) is 0 Å². The fourth-order valence-electron chi connectivity index (χ4n) is 5.80. The van der Waals surface area contributed by atoms with Crippen LogP contribution >= 0.6 is 0 Å². The van der Waals surface area contributed by atoms with Crippen LogP contribution in [0.4, 0.5) is 0 Å². The maximum Gasteiger partial charge on any atom is 0.0319 e. The summed E-state index contributed by atoms with van der Waals surface area (Å²) in [6, 6.07) is 0.323. The van der Waals surface area contributed by atoms with Crippen LogP contribution in [0.2, 0.25) is 0 Å². The van der Waals surface area contributed by atoms with Gasteiger partial charge in [0.25, 0.3) is 0 Å². The summed E-state index contributed by atoms with van der Waals surface area (Å²) in [5, 5.41) is 9.51. The van der Waals surface area contributed by atoms with Crippen LogP contribution in [0.5, 0.6) is 0 Å². The molecule has 37 heavy (non-hydrogen) atoms. The molecular formula is C35H73NO. The second kappa shape index (κ2) is 33.9. The third-order valence-corrected chi connectivity index (χ3v) is 8.49. The van der Waals surface area contributed by atoms with Crippen LogP contribution in [0.1, 0.15) is 219 Å². The Balaban J connectivity index is 3.25. The SMILES string of the molecule is CCCCCCCCCCCCCCCCCC(CCCCCCCCCCCCCCCCC)NO. The van der Waals surface area contributed by atoms with Gasteiger partial charge in [0.15, 0.2) is 0 Å². The molecule has 0 aliphatic carbocycles. The van der Waals surface area contributed by atoms with Crippen molar-refractivity contribution in [2.75, 3.05) is 0 Å². The van der Waals surface area contributed by atoms with Gasteiger partial charge in [-0.25, -0.2) is 5.48 Å². The highest BCUT2D eigenvalue weighted by Crippen LogP contribution is 2.17. The van der Waals surface area contributed by atoms with Gasteiger partial charge in [-0.3, -0.25) is 0 Å². The van der Waals surface area contributed by atoms with Crippen molar-refractivity contribution in [3.63, 3.8) is 0 Å². The Morgan fingerprint density at radius 1 is 0.324 bits per heavy atom. The first kappa shape index (κ1) is 36.9. The van der Waals surface area contributed by atoms with Crippen molar-refractivity contribution >= 4 is 0 Å². The summed E-state index contributed by atoms with van der Waals surface area (Å²) in [7, 11) is 0. The quantitative estimate of drug-likeness (QED) is 0.0662. The number of hydroxylamine groups is 1. The fraction of sp³-hybridized carbons (Fsp3) is 1.00. The van der Waals surface area contributed by atoms with E-state index in [1.54, 1.807) is 0 Å². The molecule has 0 aliphatic rings. The Bertz CT molecular complexity index is 351. The van der Waals surface area contributed by atoms with Gasteiger partial charge in [0.1, 0.15) is 0 Å². The van der Waals surface area contributed by atoms with Crippen molar-refractivity contribution in [1.82, 2.24) is 5.48 Å². The van der Waals surface area contributed by atoms with E-state index in [1.165, 1.54) is 193 Å². The van der Waals surface area contributed by atoms with Crippen molar-refractivity contribution < 1.29 is 5.21 Å². The van der Waals surface area contributed by atoms with Gasteiger partial charge in [-0.15, -0.1) is 0 Å². The molecule has 0 saturated heterocycles. The van der Waals surface area contributed by atoms with Gasteiger partial charge >= 0.3 is 0 Å². The van der Waals surface area contributed by atoms with E-state index in [4.69, 9.17) is 0 Å². The van der Waals surface area contributed by atoms with Crippen molar-refractivity contribution in [3.8, 4) is 0 Å². The van der Waals surface area contributed by atoms with Crippen LogP contribution < -0.4 is 5.48 Å². The van der Waals surface area contributed by atoms with Crippen LogP contribution in [-0.2, 0) is 0 Å². The standard InChI is InChI=1S/C35H73NO/c1-3-5-7-9-11-13-15-17-19-21-23-25-27-29-31-33-35(36-37)34-32-30-28-26-24-22-20-18-16-14-12-10-8-6-4-2/h35-37H,3-34H2,1-2H3. The van der Waals surface area contributed by atoms with E-state index in [9.17, 15) is 5.21 Å². The van der Waals surface area contributed by atoms with Crippen LogP contribution in [0.15, 0.2) is 0 Å². The lowest BCUT2D eigenvalue weighted by molar-refractivity contribution is 0.114. The lowest BCUT2D eigenvalue weighted by atomic mass is 10.00. The minimum Gasteiger partial charge on any atom is -0.317 e. The van der Waals surface area contributed by atoms with Gasteiger partial charge in [0.05, 0.1) is 0 Å². The summed E-state index contributed by atoms with van der Waals surface area (Å²) in [5.41, 5.74) is 2.60. The molecule has 0 aromatic heterocycles. The van der Waals surface area contributed by atoms with Crippen LogP contribution in [0, 0.1) is 0 Å². The molecule has 0 bridgehead atoms. The lowest BCUT2D eigenvalue weighted by Crippen LogP contribution is -2.25. The Morgan fingerprint density at radius 2 is 0.514 bits per heavy atom. The molecule has 0 aromatic carbocycles. The molecule has 0 amide bonds. The lowest BCUT2D eigenvalue weighted by Gasteiger charge is -2.14. The Kier molecular flexibility index (Phi) is 33.9. The normalized spacial score (nSPS) is 11.7. The van der Waals surface area contributed by atoms with Crippen LogP contribution in [0.3, 0.4) is 0 Å². The average molecular weight is 524 g/mol. The molecule has 0 fully saturated rings. The highest BCUT2D eigenvalue weighted by atomic mass is 16.5. The largest absolute Gasteiger partial charge is 0.317 e. The molecule has 0 saturated carbocycles. The first-order chi connectivity index (χ1) is 18.3. The molecule has 0 rings (SSSR count). The molecule has 0 radical (unpaired) electrons. The first-order valence-corrected chi connectivity index (χ1v) is 17.7. The van der Waals surface area contributed by atoms with E-state index in [1.807, 2.05) is 0 Å². The van der Waals surface area contributed by atoms with Gasteiger partial charge in [-0.05, 0) is 12.8 Å². The molecule has 2 N–H and O–H groups in total. The zero-order chi connectivity index (χ0) is 26.9. The molecule has 0 atom stereocenters. The van der Waals surface area contributed by atoms with E-state index in [-0.39, 0.29) is 0 Å². The van der Waals surface area contributed by atoms with E-state index in [0.29, 0.717) is 6.04 Å². The summed E-state index contributed by atoms with van der Waals surface area (Å²) in [6.07, 6.45) is 44.8. The molecule has 0 unspecified atom stereocenters. The molecule has 0 aromatic rings. The second-order valence-corrected chi connectivity index (χ2v) is 12.3. The topological polar surface area (TPSA) is 32.3 Å². The molecule has 0 spiro atoms. The number of unbranched alkanes of at least 4 members (excludes halogenated alkanes) is 28. The minimum atomic E-state index is 0.323. The minimum absolute atomic E-state index is 0.323. The Hall–Kier alpha value is -0.0800. The van der Waals surface area contributed by atoms with Crippen LogP contribution in [-0.4, -0.2) is 11.2 Å². The third kappa shape index (κ3) is 32.0. The third-order valence-electron chi connectivity index (χ3n) is 8.49. The maximum absolute atomic E-state index is 9.51. The molecule has 0 heterocycles. The number of rotatable bonds is 33. The summed E-state index contributed by atoms with van der Waals surface area (Å²) in [4.78, 5) is 0. The second-order valence-electron chi connectivity index (χ2n) is 12.3. The zero-order valence-corrected chi connectivity index (χ0v) is 26.2. The van der Waals surface area contributed by atoms with Gasteiger partial charge in [0.2, 0.25) is 0 Å². The average Bonchev–Trinajstić information content (AvgIpc) is 2.91. The smallest absolute Gasteiger partial charge is 0.0319 e. The summed E-state index contributed by atoms with van der Waals surface area (Å²) in [6.45, 7) is 4.59. The van der Waals surface area contributed by atoms with E-state index < -0.39 is 0 Å². The number of hydrogen-bond acceptors (Lipinski definition) is 2. The van der Waals surface area contributed by atoms with Crippen molar-refractivity contribution in [1.29, 1.82) is 0 Å². The summed E-state index contributed by atoms with van der Waals surface area (Å²) >= 11 is 0. The van der Waals surface area contributed by atoms with Gasteiger partial charge < -0.3 is 5.21 Å². The maximum atomic E-state index is 9.51. The highest BCUT2D eigenvalue weighted by Gasteiger charge is 2.06. The monoisotopic (exact) mass is 524 g/mol. The zero-order valence-electron chi connectivity index (χ0n) is 26.2. The fourth-order valence-corrected chi connectivity index (χ4v) is 5.80. The van der Waals surface area contributed by atoms with Crippen molar-refractivity contribution in [3.05, 3.63) is 0 Å². The van der Waals surface area contributed by atoms with Crippen molar-refractivity contribution in [2.24, 2.45) is 0 Å². The van der Waals surface area contributed by atoms with Gasteiger partial charge in [-0.2, -0.15) is 0 Å². The molecule has 2 heteroatoms. The predicted molar refractivity (Wildman–Crippen MR) is 168 cm³/mol. The summed E-state index contributed by atoms with van der Waals surface area (Å²) in [5.74, 6) is 0. The molecule has 0 aliphatic heterocycles. The van der Waals surface area contributed by atoms with Gasteiger partial charge in [0, 0.05) is 6.04 Å². The van der Waals surface area contributed by atoms with E-state index in [0.717, 1.165) is 12.8 Å². The predicted octanol–water partition coefficient (Wildman–Crippen LogP) is 12.9. The first-order valence-electron chi connectivity index (χ1n) is 17.7.